The van der Waals surface area contributed by atoms with Gasteiger partial charge in [0.05, 0.1) is 0 Å². The van der Waals surface area contributed by atoms with Crippen molar-refractivity contribution in [3.8, 4) is 0 Å². The molecule has 3 atom stereocenters. The highest BCUT2D eigenvalue weighted by atomic mass is 19.3. The van der Waals surface area contributed by atoms with Crippen LogP contribution in [0, 0.1) is 5.92 Å². The molecule has 0 aromatic rings. The van der Waals surface area contributed by atoms with Crippen LogP contribution in [0.3, 0.4) is 0 Å². The maximum atomic E-state index is 12.5. The second-order valence-electron chi connectivity index (χ2n) is 5.01. The van der Waals surface area contributed by atoms with Crippen molar-refractivity contribution in [1.82, 2.24) is 4.90 Å². The number of fused-ring (bicyclic) bond motifs is 3. The van der Waals surface area contributed by atoms with Gasteiger partial charge in [0.1, 0.15) is 0 Å². The average Bonchev–Trinajstić information content (AvgIpc) is 2.93. The van der Waals surface area contributed by atoms with Crippen LogP contribution in [0.1, 0.15) is 60.3 Å². The maximum absolute atomic E-state index is 12.5. The van der Waals surface area contributed by atoms with E-state index in [9.17, 15) is 8.78 Å². The second kappa shape index (κ2) is 6.14. The molecule has 1 saturated carbocycles. The van der Waals surface area contributed by atoms with E-state index in [0.717, 1.165) is 18.8 Å². The van der Waals surface area contributed by atoms with Crippen molar-refractivity contribution in [2.75, 3.05) is 6.54 Å². The van der Waals surface area contributed by atoms with Gasteiger partial charge in [0.15, 0.2) is 0 Å². The van der Waals surface area contributed by atoms with Crippen LogP contribution in [0.5, 0.6) is 0 Å². The summed E-state index contributed by atoms with van der Waals surface area (Å²) < 4.78 is 25.1. The first-order chi connectivity index (χ1) is 8.66. The zero-order valence-electron chi connectivity index (χ0n) is 12.4. The summed E-state index contributed by atoms with van der Waals surface area (Å²) in [5.74, 6) is 0.833. The van der Waals surface area contributed by atoms with Crippen LogP contribution in [-0.2, 0) is 0 Å². The molecule has 0 radical (unpaired) electrons. The second-order valence-corrected chi connectivity index (χ2v) is 5.01. The molecule has 0 amide bonds. The topological polar surface area (TPSA) is 3.24 Å². The fourth-order valence-corrected chi connectivity index (χ4v) is 3.51. The Hall–Kier alpha value is -0.440. The Morgan fingerprint density at radius 3 is 2.33 bits per heavy atom. The van der Waals surface area contributed by atoms with Gasteiger partial charge in [0.2, 0.25) is 0 Å². The highest BCUT2D eigenvalue weighted by molar-refractivity contribution is 5.26. The lowest BCUT2D eigenvalue weighted by molar-refractivity contribution is 0.155. The predicted molar refractivity (Wildman–Crippen MR) is 72.8 cm³/mol. The number of hydrogen-bond donors (Lipinski definition) is 0. The number of hydrogen-bond acceptors (Lipinski definition) is 1. The molecule has 0 bridgehead atoms. The number of piperidine rings is 1. The fraction of sp³-hybridized carbons (Fsp3) is 0.867. The first-order valence-electron chi connectivity index (χ1n) is 7.46. The van der Waals surface area contributed by atoms with Gasteiger partial charge in [-0.1, -0.05) is 34.6 Å². The molecule has 2 aliphatic heterocycles. The Morgan fingerprint density at radius 2 is 1.89 bits per heavy atom. The van der Waals surface area contributed by atoms with Crippen molar-refractivity contribution in [2.45, 2.75) is 71.9 Å². The predicted octanol–water partition coefficient (Wildman–Crippen LogP) is 4.84. The highest BCUT2D eigenvalue weighted by Crippen LogP contribution is 2.59. The van der Waals surface area contributed by atoms with E-state index in [1.54, 1.807) is 0 Å². The number of halogens is 2. The third-order valence-corrected chi connectivity index (χ3v) is 4.37. The Bertz CT molecular complexity index is 310. The van der Waals surface area contributed by atoms with E-state index in [1.807, 2.05) is 27.7 Å². The van der Waals surface area contributed by atoms with Gasteiger partial charge in [0.25, 0.3) is 6.08 Å². The minimum atomic E-state index is -1.43. The smallest absolute Gasteiger partial charge is 0.270 e. The van der Waals surface area contributed by atoms with Crippen LogP contribution in [0.4, 0.5) is 8.78 Å². The van der Waals surface area contributed by atoms with E-state index in [1.165, 1.54) is 6.42 Å². The third kappa shape index (κ3) is 2.47. The van der Waals surface area contributed by atoms with Crippen LogP contribution in [0.25, 0.3) is 0 Å². The minimum Gasteiger partial charge on any atom is -0.290 e. The molecule has 2 unspecified atom stereocenters. The standard InChI is InChI=1S/C11H15F2N.2C2H6/c1-2-11-4-7-3-9(7)14(11)6-8(5-11)10(12)13;2*1-2/h7,9H,2-6H2,1H3;2*1-2H3/t7?,9?,11-;;/m0../s1. The zero-order valence-corrected chi connectivity index (χ0v) is 12.4. The van der Waals surface area contributed by atoms with Crippen molar-refractivity contribution < 1.29 is 8.78 Å². The summed E-state index contributed by atoms with van der Waals surface area (Å²) in [4.78, 5) is 2.35. The van der Waals surface area contributed by atoms with Crippen LogP contribution >= 0.6 is 0 Å². The average molecular weight is 259 g/mol. The van der Waals surface area contributed by atoms with Crippen LogP contribution < -0.4 is 0 Å². The maximum Gasteiger partial charge on any atom is 0.270 e. The highest BCUT2D eigenvalue weighted by Gasteiger charge is 2.61. The molecule has 1 aliphatic carbocycles. The summed E-state index contributed by atoms with van der Waals surface area (Å²) in [6, 6.07) is 0.645. The van der Waals surface area contributed by atoms with Gasteiger partial charge in [0, 0.05) is 23.7 Å². The first-order valence-corrected chi connectivity index (χ1v) is 7.46. The normalized spacial score (nSPS) is 35.8. The van der Waals surface area contributed by atoms with Crippen LogP contribution in [0.2, 0.25) is 0 Å². The fourth-order valence-electron chi connectivity index (χ4n) is 3.51. The Morgan fingerprint density at radius 1 is 1.28 bits per heavy atom. The molecule has 2 heterocycles. The van der Waals surface area contributed by atoms with E-state index >= 15 is 0 Å². The molecule has 2 saturated heterocycles. The van der Waals surface area contributed by atoms with Gasteiger partial charge in [-0.05, 0) is 31.6 Å². The molecule has 3 heteroatoms. The summed E-state index contributed by atoms with van der Waals surface area (Å²) in [6.07, 6.45) is 2.63. The van der Waals surface area contributed by atoms with E-state index in [2.05, 4.69) is 11.8 Å². The largest absolute Gasteiger partial charge is 0.290 e. The molecule has 0 spiro atoms. The van der Waals surface area contributed by atoms with Crippen molar-refractivity contribution in [3.05, 3.63) is 11.7 Å². The Labute approximate surface area is 110 Å². The Balaban J connectivity index is 0.000000371. The molecule has 106 valence electrons. The molecule has 0 aromatic carbocycles. The van der Waals surface area contributed by atoms with Gasteiger partial charge < -0.3 is 0 Å². The molecule has 0 aromatic heterocycles. The summed E-state index contributed by atoms with van der Waals surface area (Å²) in [5.41, 5.74) is 0.518. The van der Waals surface area contributed by atoms with Gasteiger partial charge in [-0.25, -0.2) is 0 Å². The van der Waals surface area contributed by atoms with Crippen molar-refractivity contribution in [1.29, 1.82) is 0 Å². The van der Waals surface area contributed by atoms with E-state index in [0.29, 0.717) is 24.6 Å². The van der Waals surface area contributed by atoms with E-state index in [-0.39, 0.29) is 5.54 Å². The lowest BCUT2D eigenvalue weighted by atomic mass is 9.88. The molecule has 3 rings (SSSR count). The SMILES string of the molecule is CC.CC.CC[C@]12CC(=C(F)F)CN1C1CC1C2. The van der Waals surface area contributed by atoms with Gasteiger partial charge in [-0.15, -0.1) is 0 Å². The van der Waals surface area contributed by atoms with Gasteiger partial charge in [-0.2, -0.15) is 8.78 Å². The van der Waals surface area contributed by atoms with Crippen LogP contribution in [0.15, 0.2) is 11.7 Å². The Kier molecular flexibility index (Phi) is 5.32. The summed E-state index contributed by atoms with van der Waals surface area (Å²) in [6.45, 7) is 10.7. The van der Waals surface area contributed by atoms with E-state index in [4.69, 9.17) is 0 Å². The van der Waals surface area contributed by atoms with Crippen molar-refractivity contribution in [2.24, 2.45) is 5.92 Å². The molecular formula is C15H27F2N. The summed E-state index contributed by atoms with van der Waals surface area (Å²) in [7, 11) is 0. The third-order valence-electron chi connectivity index (χ3n) is 4.37. The quantitative estimate of drug-likeness (QED) is 0.651. The molecule has 1 nitrogen and oxygen atoms in total. The first kappa shape index (κ1) is 15.6. The van der Waals surface area contributed by atoms with Crippen molar-refractivity contribution in [3.63, 3.8) is 0 Å². The summed E-state index contributed by atoms with van der Waals surface area (Å²) >= 11 is 0. The lowest BCUT2D eigenvalue weighted by Gasteiger charge is -2.33. The lowest BCUT2D eigenvalue weighted by Crippen LogP contribution is -2.40. The van der Waals surface area contributed by atoms with Gasteiger partial charge in [-0.3, -0.25) is 4.90 Å². The number of nitrogens with zero attached hydrogens (tertiary/aromatic N) is 1. The van der Waals surface area contributed by atoms with Crippen molar-refractivity contribution >= 4 is 0 Å². The summed E-state index contributed by atoms with van der Waals surface area (Å²) in [5, 5.41) is 0. The van der Waals surface area contributed by atoms with Gasteiger partial charge >= 0.3 is 0 Å². The zero-order chi connectivity index (χ0) is 13.9. The monoisotopic (exact) mass is 259 g/mol. The molecule has 3 aliphatic rings. The van der Waals surface area contributed by atoms with E-state index < -0.39 is 6.08 Å². The molecular weight excluding hydrogens is 232 g/mol. The van der Waals surface area contributed by atoms with Crippen LogP contribution in [-0.4, -0.2) is 23.0 Å². The minimum absolute atomic E-state index is 0.117. The molecule has 18 heavy (non-hydrogen) atoms. The molecule has 3 fully saturated rings. The number of rotatable bonds is 1. The molecule has 0 N–H and O–H groups in total.